The third-order valence-electron chi connectivity index (χ3n) is 3.31. The first-order chi connectivity index (χ1) is 8.83. The van der Waals surface area contributed by atoms with Gasteiger partial charge in [-0.25, -0.2) is 4.39 Å². The highest BCUT2D eigenvalue weighted by Gasteiger charge is 2.17. The minimum atomic E-state index is -0.178. The molecule has 0 aromatic heterocycles. The molecule has 1 nitrogen and oxygen atoms in total. The van der Waals surface area contributed by atoms with Gasteiger partial charge in [-0.1, -0.05) is 36.4 Å². The molecule has 0 radical (unpaired) electrons. The topological polar surface area (TPSA) is 12.4 Å². The number of aliphatic imine (C=N–C) groups is 1. The second kappa shape index (κ2) is 4.73. The van der Waals surface area contributed by atoms with Gasteiger partial charge in [-0.15, -0.1) is 0 Å². The van der Waals surface area contributed by atoms with E-state index in [-0.39, 0.29) is 5.82 Å². The molecule has 2 aromatic carbocycles. The summed E-state index contributed by atoms with van der Waals surface area (Å²) in [6, 6.07) is 15.1. The fourth-order valence-corrected chi connectivity index (χ4v) is 2.36. The van der Waals surface area contributed by atoms with Gasteiger partial charge in [-0.3, -0.25) is 4.99 Å². The van der Waals surface area contributed by atoms with Gasteiger partial charge in [0.15, 0.2) is 0 Å². The molecule has 2 heteroatoms. The van der Waals surface area contributed by atoms with E-state index in [0.29, 0.717) is 6.54 Å². The SMILES string of the molecule is Fc1ccc2c(c1)/C(=N\Cc1ccccc1)CC2. The van der Waals surface area contributed by atoms with Crippen LogP contribution in [0.5, 0.6) is 0 Å². The minimum Gasteiger partial charge on any atom is -0.284 e. The van der Waals surface area contributed by atoms with Crippen molar-refractivity contribution in [2.75, 3.05) is 0 Å². The number of fused-ring (bicyclic) bond motifs is 1. The Morgan fingerprint density at radius 1 is 1.00 bits per heavy atom. The molecule has 0 fully saturated rings. The fourth-order valence-electron chi connectivity index (χ4n) is 2.36. The van der Waals surface area contributed by atoms with Crippen molar-refractivity contribution in [3.05, 3.63) is 71.0 Å². The Morgan fingerprint density at radius 3 is 2.67 bits per heavy atom. The number of nitrogens with zero attached hydrogens (tertiary/aromatic N) is 1. The molecule has 0 spiro atoms. The largest absolute Gasteiger partial charge is 0.284 e. The highest BCUT2D eigenvalue weighted by molar-refractivity contribution is 6.04. The normalized spacial score (nSPS) is 15.9. The van der Waals surface area contributed by atoms with Crippen molar-refractivity contribution in [1.82, 2.24) is 0 Å². The van der Waals surface area contributed by atoms with Crippen LogP contribution in [0.1, 0.15) is 23.1 Å². The molecular weight excluding hydrogens is 225 g/mol. The second-order valence-corrected chi connectivity index (χ2v) is 4.55. The van der Waals surface area contributed by atoms with Crippen molar-refractivity contribution in [3.63, 3.8) is 0 Å². The first-order valence-electron chi connectivity index (χ1n) is 6.19. The molecule has 1 aliphatic rings. The van der Waals surface area contributed by atoms with Gasteiger partial charge in [-0.2, -0.15) is 0 Å². The van der Waals surface area contributed by atoms with Gasteiger partial charge in [0, 0.05) is 11.3 Å². The summed E-state index contributed by atoms with van der Waals surface area (Å²) in [4.78, 5) is 4.63. The maximum atomic E-state index is 13.2. The van der Waals surface area contributed by atoms with E-state index in [1.54, 1.807) is 6.07 Å². The van der Waals surface area contributed by atoms with E-state index >= 15 is 0 Å². The number of hydrogen-bond acceptors (Lipinski definition) is 1. The molecular formula is C16H14FN. The number of halogens is 1. The van der Waals surface area contributed by atoms with E-state index < -0.39 is 0 Å². The minimum absolute atomic E-state index is 0.178. The lowest BCUT2D eigenvalue weighted by Gasteiger charge is -2.01. The lowest BCUT2D eigenvalue weighted by atomic mass is 10.1. The lowest BCUT2D eigenvalue weighted by molar-refractivity contribution is 0.627. The summed E-state index contributed by atoms with van der Waals surface area (Å²) >= 11 is 0. The van der Waals surface area contributed by atoms with Crippen molar-refractivity contribution >= 4 is 5.71 Å². The van der Waals surface area contributed by atoms with E-state index in [9.17, 15) is 4.39 Å². The molecule has 0 bridgehead atoms. The molecule has 0 amide bonds. The predicted molar refractivity (Wildman–Crippen MR) is 71.4 cm³/mol. The lowest BCUT2D eigenvalue weighted by Crippen LogP contribution is -1.96. The molecule has 0 saturated heterocycles. The fraction of sp³-hybridized carbons (Fsp3) is 0.188. The van der Waals surface area contributed by atoms with Gasteiger partial charge in [0.1, 0.15) is 5.82 Å². The second-order valence-electron chi connectivity index (χ2n) is 4.55. The van der Waals surface area contributed by atoms with Gasteiger partial charge in [0.2, 0.25) is 0 Å². The van der Waals surface area contributed by atoms with Crippen LogP contribution in [0.25, 0.3) is 0 Å². The quantitative estimate of drug-likeness (QED) is 0.756. The predicted octanol–water partition coefficient (Wildman–Crippen LogP) is 3.76. The molecule has 0 N–H and O–H groups in total. The van der Waals surface area contributed by atoms with Crippen LogP contribution in [-0.4, -0.2) is 5.71 Å². The smallest absolute Gasteiger partial charge is 0.123 e. The van der Waals surface area contributed by atoms with E-state index in [4.69, 9.17) is 0 Å². The third-order valence-corrected chi connectivity index (χ3v) is 3.31. The Kier molecular flexibility index (Phi) is 2.93. The van der Waals surface area contributed by atoms with Crippen LogP contribution in [-0.2, 0) is 13.0 Å². The van der Waals surface area contributed by atoms with Crippen LogP contribution in [0.3, 0.4) is 0 Å². The van der Waals surface area contributed by atoms with Crippen molar-refractivity contribution in [1.29, 1.82) is 0 Å². The van der Waals surface area contributed by atoms with Crippen molar-refractivity contribution < 1.29 is 4.39 Å². The van der Waals surface area contributed by atoms with Gasteiger partial charge >= 0.3 is 0 Å². The maximum Gasteiger partial charge on any atom is 0.123 e. The Morgan fingerprint density at radius 2 is 1.83 bits per heavy atom. The van der Waals surface area contributed by atoms with Crippen LogP contribution >= 0.6 is 0 Å². The monoisotopic (exact) mass is 239 g/mol. The van der Waals surface area contributed by atoms with Crippen molar-refractivity contribution in [3.8, 4) is 0 Å². The van der Waals surface area contributed by atoms with Crippen LogP contribution < -0.4 is 0 Å². The summed E-state index contributed by atoms with van der Waals surface area (Å²) in [5.74, 6) is -0.178. The molecule has 90 valence electrons. The molecule has 0 atom stereocenters. The molecule has 1 aliphatic carbocycles. The van der Waals surface area contributed by atoms with E-state index in [2.05, 4.69) is 17.1 Å². The van der Waals surface area contributed by atoms with Crippen LogP contribution in [0.4, 0.5) is 4.39 Å². The summed E-state index contributed by atoms with van der Waals surface area (Å²) in [5.41, 5.74) is 4.43. The van der Waals surface area contributed by atoms with E-state index in [1.165, 1.54) is 17.2 Å². The Balaban J connectivity index is 1.86. The maximum absolute atomic E-state index is 13.2. The summed E-state index contributed by atoms with van der Waals surface area (Å²) in [6.45, 7) is 0.673. The Hall–Kier alpha value is -1.96. The molecule has 0 saturated carbocycles. The zero-order valence-corrected chi connectivity index (χ0v) is 10.1. The average molecular weight is 239 g/mol. The first kappa shape index (κ1) is 11.1. The van der Waals surface area contributed by atoms with Gasteiger partial charge in [0.05, 0.1) is 6.54 Å². The number of hydrogen-bond donors (Lipinski definition) is 0. The Labute approximate surface area is 106 Å². The molecule has 3 rings (SSSR count). The van der Waals surface area contributed by atoms with Crippen LogP contribution in [0.15, 0.2) is 53.5 Å². The molecule has 0 aliphatic heterocycles. The van der Waals surface area contributed by atoms with Gasteiger partial charge in [0.25, 0.3) is 0 Å². The summed E-state index contributed by atoms with van der Waals surface area (Å²) in [7, 11) is 0. The van der Waals surface area contributed by atoms with Crippen LogP contribution in [0, 0.1) is 5.82 Å². The Bertz CT molecular complexity index is 587. The number of benzene rings is 2. The number of rotatable bonds is 2. The molecule has 0 unspecified atom stereocenters. The zero-order valence-electron chi connectivity index (χ0n) is 10.1. The van der Waals surface area contributed by atoms with Gasteiger partial charge < -0.3 is 0 Å². The standard InChI is InChI=1S/C16H14FN/c17-14-8-6-13-7-9-16(15(13)10-14)18-11-12-4-2-1-3-5-12/h1-6,8,10H,7,9,11H2/b18-16-. The van der Waals surface area contributed by atoms with E-state index in [1.807, 2.05) is 24.3 Å². The first-order valence-corrected chi connectivity index (χ1v) is 6.19. The average Bonchev–Trinajstić information content (AvgIpc) is 2.80. The molecule has 18 heavy (non-hydrogen) atoms. The van der Waals surface area contributed by atoms with Crippen molar-refractivity contribution in [2.45, 2.75) is 19.4 Å². The highest BCUT2D eigenvalue weighted by Crippen LogP contribution is 2.23. The summed E-state index contributed by atoms with van der Waals surface area (Å²) in [5, 5.41) is 0. The van der Waals surface area contributed by atoms with E-state index in [0.717, 1.165) is 24.1 Å². The zero-order chi connectivity index (χ0) is 12.4. The number of aryl methyl sites for hydroxylation is 1. The summed E-state index contributed by atoms with van der Waals surface area (Å²) in [6.07, 6.45) is 1.90. The van der Waals surface area contributed by atoms with Gasteiger partial charge in [-0.05, 0) is 36.1 Å². The van der Waals surface area contributed by atoms with Crippen molar-refractivity contribution in [2.24, 2.45) is 4.99 Å². The third kappa shape index (κ3) is 2.19. The molecule has 0 heterocycles. The summed E-state index contributed by atoms with van der Waals surface area (Å²) < 4.78 is 13.2. The molecule has 2 aromatic rings. The van der Waals surface area contributed by atoms with Crippen LogP contribution in [0.2, 0.25) is 0 Å². The highest BCUT2D eigenvalue weighted by atomic mass is 19.1.